The van der Waals surface area contributed by atoms with Gasteiger partial charge in [0.25, 0.3) is 10.0 Å². The number of hydrogen-bond acceptors (Lipinski definition) is 9. The maximum Gasteiger partial charge on any atom is 0.391 e. The molecule has 3 heterocycles. The van der Waals surface area contributed by atoms with E-state index in [0.29, 0.717) is 30.1 Å². The summed E-state index contributed by atoms with van der Waals surface area (Å²) in [6, 6.07) is 3.67. The minimum atomic E-state index is -4.30. The van der Waals surface area contributed by atoms with Gasteiger partial charge in [0.15, 0.2) is 0 Å². The average molecular weight is 531 g/mol. The zero-order valence-electron chi connectivity index (χ0n) is 18.8. The largest absolute Gasteiger partial charge is 0.493 e. The monoisotopic (exact) mass is 530 g/mol. The number of likely N-dealkylation sites (tertiary alicyclic amines) is 1. The fourth-order valence-electron chi connectivity index (χ4n) is 4.63. The molecule has 3 atom stereocenters. The molecule has 3 N–H and O–H groups in total. The Hall–Kier alpha value is -2.71. The van der Waals surface area contributed by atoms with Crippen LogP contribution in [0.1, 0.15) is 30.9 Å². The van der Waals surface area contributed by atoms with E-state index in [-0.39, 0.29) is 35.5 Å². The summed E-state index contributed by atoms with van der Waals surface area (Å²) >= 11 is 0.908. The molecule has 0 spiro atoms. The number of anilines is 1. The Labute approximate surface area is 205 Å². The number of piperidine rings is 1. The van der Waals surface area contributed by atoms with E-state index in [9.17, 15) is 21.6 Å². The van der Waals surface area contributed by atoms with E-state index in [0.717, 1.165) is 11.5 Å². The smallest absolute Gasteiger partial charge is 0.391 e. The van der Waals surface area contributed by atoms with Gasteiger partial charge >= 0.3 is 6.18 Å². The molecule has 9 nitrogen and oxygen atoms in total. The van der Waals surface area contributed by atoms with Crippen LogP contribution in [-0.4, -0.2) is 60.8 Å². The predicted molar refractivity (Wildman–Crippen MR) is 126 cm³/mol. The van der Waals surface area contributed by atoms with Crippen LogP contribution in [0.4, 0.5) is 18.3 Å². The standard InChI is InChI=1S/C21H25F3N6O3S2/c1-26-16(4-7-25)18-10-13(21(22,23)24)5-8-30(18)17-6-9-33-19-11-14(2-3-15(17)19)35(31,32)29-20-27-12-28-34-20/h2-4,7,11-13,17-18H,5-6,8-10,25H2,1H3,(H,27,28,29)/t13-,17-,18+/m0/s1. The summed E-state index contributed by atoms with van der Waals surface area (Å²) in [6.07, 6.45) is 0.128. The molecule has 1 saturated heterocycles. The third kappa shape index (κ3) is 5.43. The molecule has 0 bridgehead atoms. The number of aliphatic imine (C=N–C) groups is 1. The van der Waals surface area contributed by atoms with Crippen molar-refractivity contribution in [3.63, 3.8) is 0 Å². The molecule has 190 valence electrons. The summed E-state index contributed by atoms with van der Waals surface area (Å²) in [4.78, 5) is 10.0. The van der Waals surface area contributed by atoms with Crippen LogP contribution in [0.2, 0.25) is 0 Å². The molecule has 0 aliphatic carbocycles. The predicted octanol–water partition coefficient (Wildman–Crippen LogP) is 3.35. The number of hydrogen-bond donors (Lipinski definition) is 2. The Morgan fingerprint density at radius 1 is 1.37 bits per heavy atom. The minimum absolute atomic E-state index is 0.0127. The van der Waals surface area contributed by atoms with Gasteiger partial charge in [0.2, 0.25) is 5.13 Å². The van der Waals surface area contributed by atoms with E-state index in [1.807, 2.05) is 4.90 Å². The molecule has 35 heavy (non-hydrogen) atoms. The maximum atomic E-state index is 13.6. The number of nitrogens with two attached hydrogens (primary N) is 1. The van der Waals surface area contributed by atoms with Crippen LogP contribution in [0, 0.1) is 5.92 Å². The second kappa shape index (κ2) is 10.1. The Morgan fingerprint density at radius 2 is 2.17 bits per heavy atom. The molecule has 1 fully saturated rings. The fraction of sp³-hybridized carbons (Fsp3) is 0.476. The van der Waals surface area contributed by atoms with Crippen LogP contribution >= 0.6 is 11.5 Å². The number of halogens is 3. The van der Waals surface area contributed by atoms with Gasteiger partial charge < -0.3 is 10.5 Å². The van der Waals surface area contributed by atoms with Crippen LogP contribution in [0.25, 0.3) is 0 Å². The number of ether oxygens (including phenoxy) is 1. The summed E-state index contributed by atoms with van der Waals surface area (Å²) in [7, 11) is -2.39. The molecule has 0 unspecified atom stereocenters. The first kappa shape index (κ1) is 25.4. The third-order valence-electron chi connectivity index (χ3n) is 6.26. The first-order valence-corrected chi connectivity index (χ1v) is 13.1. The summed E-state index contributed by atoms with van der Waals surface area (Å²) in [6.45, 7) is 0.497. The van der Waals surface area contributed by atoms with Crippen LogP contribution < -0.4 is 15.2 Å². The topological polar surface area (TPSA) is 123 Å². The number of sulfonamides is 1. The molecular weight excluding hydrogens is 505 g/mol. The molecule has 2 aliphatic rings. The summed E-state index contributed by atoms with van der Waals surface area (Å²) < 4.78 is 78.2. The normalized spacial score (nSPS) is 24.2. The van der Waals surface area contributed by atoms with Crippen molar-refractivity contribution in [2.24, 2.45) is 16.6 Å². The van der Waals surface area contributed by atoms with Gasteiger partial charge in [-0.3, -0.25) is 14.6 Å². The molecular formula is C21H25F3N6O3S2. The van der Waals surface area contributed by atoms with Crippen LogP contribution in [0.15, 0.2) is 46.7 Å². The zero-order chi connectivity index (χ0) is 25.2. The van der Waals surface area contributed by atoms with Crippen LogP contribution in [0.5, 0.6) is 5.75 Å². The number of fused-ring (bicyclic) bond motifs is 1. The second-order valence-corrected chi connectivity index (χ2v) is 10.7. The Bertz CT molecular complexity index is 1200. The molecule has 0 amide bonds. The van der Waals surface area contributed by atoms with E-state index in [2.05, 4.69) is 19.1 Å². The van der Waals surface area contributed by atoms with Crippen molar-refractivity contribution in [2.75, 3.05) is 24.9 Å². The zero-order valence-corrected chi connectivity index (χ0v) is 20.4. The molecule has 1 aromatic heterocycles. The number of benzene rings is 1. The number of aromatic nitrogens is 2. The lowest BCUT2D eigenvalue weighted by Gasteiger charge is -2.45. The summed E-state index contributed by atoms with van der Waals surface area (Å²) in [5.74, 6) is -1.06. The van der Waals surface area contributed by atoms with Gasteiger partial charge in [-0.15, -0.1) is 0 Å². The van der Waals surface area contributed by atoms with E-state index in [1.165, 1.54) is 37.8 Å². The molecule has 0 radical (unpaired) electrons. The van der Waals surface area contributed by atoms with E-state index < -0.39 is 28.2 Å². The minimum Gasteiger partial charge on any atom is -0.493 e. The molecule has 2 aromatic rings. The highest BCUT2D eigenvalue weighted by Crippen LogP contribution is 2.44. The molecule has 2 aliphatic heterocycles. The lowest BCUT2D eigenvalue weighted by molar-refractivity contribution is -0.189. The lowest BCUT2D eigenvalue weighted by Crippen LogP contribution is -2.51. The third-order valence-corrected chi connectivity index (χ3v) is 8.31. The van der Waals surface area contributed by atoms with Crippen molar-refractivity contribution in [1.82, 2.24) is 14.3 Å². The van der Waals surface area contributed by atoms with Gasteiger partial charge in [0.05, 0.1) is 29.2 Å². The van der Waals surface area contributed by atoms with Crippen molar-refractivity contribution < 1.29 is 26.3 Å². The Kier molecular flexibility index (Phi) is 7.33. The van der Waals surface area contributed by atoms with Crippen molar-refractivity contribution in [3.8, 4) is 5.75 Å². The van der Waals surface area contributed by atoms with Crippen molar-refractivity contribution in [3.05, 3.63) is 42.4 Å². The first-order chi connectivity index (χ1) is 16.6. The fourth-order valence-corrected chi connectivity index (χ4v) is 6.31. The van der Waals surface area contributed by atoms with Crippen LogP contribution in [0.3, 0.4) is 0 Å². The van der Waals surface area contributed by atoms with Crippen molar-refractivity contribution in [2.45, 2.75) is 42.4 Å². The second-order valence-electron chi connectivity index (χ2n) is 8.23. The molecule has 1 aromatic carbocycles. The highest BCUT2D eigenvalue weighted by atomic mass is 32.2. The van der Waals surface area contributed by atoms with Gasteiger partial charge in [-0.2, -0.15) is 17.5 Å². The van der Waals surface area contributed by atoms with E-state index in [1.54, 1.807) is 6.07 Å². The quantitative estimate of drug-likeness (QED) is 0.549. The van der Waals surface area contributed by atoms with Gasteiger partial charge in [0, 0.05) is 49.2 Å². The SMILES string of the molecule is CN=C(C=CN)[C@H]1C[C@@H](C(F)(F)F)CCN1[C@H]1CCOc2cc(S(=O)(=O)Nc3ncns3)ccc21. The number of rotatable bonds is 6. The molecule has 0 saturated carbocycles. The summed E-state index contributed by atoms with van der Waals surface area (Å²) in [5.41, 5.74) is 6.73. The summed E-state index contributed by atoms with van der Waals surface area (Å²) in [5, 5.41) is 0.135. The highest BCUT2D eigenvalue weighted by molar-refractivity contribution is 7.93. The Morgan fingerprint density at radius 3 is 2.83 bits per heavy atom. The molecule has 14 heteroatoms. The maximum absolute atomic E-state index is 13.6. The van der Waals surface area contributed by atoms with Crippen LogP contribution in [-0.2, 0) is 10.0 Å². The van der Waals surface area contributed by atoms with E-state index in [4.69, 9.17) is 10.5 Å². The molecule has 4 rings (SSSR count). The van der Waals surface area contributed by atoms with Crippen molar-refractivity contribution >= 4 is 32.4 Å². The number of alkyl halides is 3. The lowest BCUT2D eigenvalue weighted by atomic mass is 9.84. The first-order valence-electron chi connectivity index (χ1n) is 10.9. The highest BCUT2D eigenvalue weighted by Gasteiger charge is 2.47. The van der Waals surface area contributed by atoms with Gasteiger partial charge in [-0.05, 0) is 31.2 Å². The average Bonchev–Trinajstić information content (AvgIpc) is 3.33. The van der Waals surface area contributed by atoms with Crippen molar-refractivity contribution in [1.29, 1.82) is 0 Å². The number of nitrogens with zero attached hydrogens (tertiary/aromatic N) is 4. The van der Waals surface area contributed by atoms with Gasteiger partial charge in [-0.25, -0.2) is 13.4 Å². The van der Waals surface area contributed by atoms with Gasteiger partial charge in [-0.1, -0.05) is 6.07 Å². The Balaban J connectivity index is 1.65. The number of nitrogens with one attached hydrogen (secondary N) is 1. The van der Waals surface area contributed by atoms with Gasteiger partial charge in [0.1, 0.15) is 12.1 Å². The van der Waals surface area contributed by atoms with E-state index >= 15 is 0 Å².